The summed E-state index contributed by atoms with van der Waals surface area (Å²) in [7, 11) is 0. The first-order valence-corrected chi connectivity index (χ1v) is 8.07. The first kappa shape index (κ1) is 15.5. The quantitative estimate of drug-likeness (QED) is 0.771. The minimum absolute atomic E-state index is 0.516. The lowest BCUT2D eigenvalue weighted by atomic mass is 10.0. The molecule has 0 aromatic heterocycles. The molecule has 1 N–H and O–H groups in total. The zero-order chi connectivity index (χ0) is 14.2. The molecule has 1 heterocycles. The average molecular weight is 275 g/mol. The number of piperazine rings is 1. The molecule has 0 amide bonds. The molecule has 0 radical (unpaired) electrons. The SMILES string of the molecule is CCCNCC(c1ccccc1)N1CCN(CC)CC1. The van der Waals surface area contributed by atoms with Crippen LogP contribution in [0.25, 0.3) is 0 Å². The van der Waals surface area contributed by atoms with E-state index >= 15 is 0 Å². The van der Waals surface area contributed by atoms with Crippen molar-refractivity contribution < 1.29 is 0 Å². The minimum Gasteiger partial charge on any atom is -0.315 e. The molecule has 1 aromatic carbocycles. The maximum Gasteiger partial charge on any atom is 0.0473 e. The van der Waals surface area contributed by atoms with E-state index in [1.54, 1.807) is 0 Å². The van der Waals surface area contributed by atoms with E-state index in [0.717, 1.165) is 13.1 Å². The van der Waals surface area contributed by atoms with Crippen molar-refractivity contribution in [1.82, 2.24) is 15.1 Å². The summed E-state index contributed by atoms with van der Waals surface area (Å²) >= 11 is 0. The fourth-order valence-electron chi connectivity index (χ4n) is 2.94. The van der Waals surface area contributed by atoms with Crippen molar-refractivity contribution in [2.24, 2.45) is 0 Å². The second kappa shape index (κ2) is 8.40. The van der Waals surface area contributed by atoms with Crippen LogP contribution in [0.1, 0.15) is 31.9 Å². The zero-order valence-corrected chi connectivity index (χ0v) is 13.0. The van der Waals surface area contributed by atoms with E-state index in [4.69, 9.17) is 0 Å². The molecule has 3 nitrogen and oxygen atoms in total. The van der Waals surface area contributed by atoms with Gasteiger partial charge in [0.15, 0.2) is 0 Å². The summed E-state index contributed by atoms with van der Waals surface area (Å²) in [6.45, 7) is 12.6. The Hall–Kier alpha value is -0.900. The molecule has 1 fully saturated rings. The van der Waals surface area contributed by atoms with Gasteiger partial charge in [0.05, 0.1) is 0 Å². The van der Waals surface area contributed by atoms with E-state index in [-0.39, 0.29) is 0 Å². The number of nitrogens with zero attached hydrogens (tertiary/aromatic N) is 2. The lowest BCUT2D eigenvalue weighted by Gasteiger charge is -2.39. The van der Waals surface area contributed by atoms with Crippen LogP contribution in [0.3, 0.4) is 0 Å². The summed E-state index contributed by atoms with van der Waals surface area (Å²) in [4.78, 5) is 5.18. The van der Waals surface area contributed by atoms with Gasteiger partial charge in [0.1, 0.15) is 0 Å². The molecular weight excluding hydrogens is 246 g/mol. The maximum atomic E-state index is 3.60. The molecule has 0 aliphatic carbocycles. The first-order valence-electron chi connectivity index (χ1n) is 8.07. The maximum absolute atomic E-state index is 3.60. The molecule has 1 aromatic rings. The Balaban J connectivity index is 1.99. The molecule has 1 unspecified atom stereocenters. The lowest BCUT2D eigenvalue weighted by molar-refractivity contribution is 0.0983. The highest BCUT2D eigenvalue weighted by Crippen LogP contribution is 2.21. The lowest BCUT2D eigenvalue weighted by Crippen LogP contribution is -2.49. The van der Waals surface area contributed by atoms with Crippen LogP contribution >= 0.6 is 0 Å². The Labute approximate surface area is 124 Å². The van der Waals surface area contributed by atoms with E-state index in [1.165, 1.54) is 44.7 Å². The van der Waals surface area contributed by atoms with Crippen molar-refractivity contribution in [3.63, 3.8) is 0 Å². The average Bonchev–Trinajstić information content (AvgIpc) is 2.53. The third-order valence-corrected chi connectivity index (χ3v) is 4.24. The fourth-order valence-corrected chi connectivity index (χ4v) is 2.94. The smallest absolute Gasteiger partial charge is 0.0473 e. The molecule has 3 heteroatoms. The van der Waals surface area contributed by atoms with Gasteiger partial charge in [-0.3, -0.25) is 4.90 Å². The standard InChI is InChI=1S/C17H29N3/c1-3-10-18-15-17(16-8-6-5-7-9-16)20-13-11-19(4-2)12-14-20/h5-9,17-18H,3-4,10-15H2,1-2H3. The fraction of sp³-hybridized carbons (Fsp3) is 0.647. The molecule has 0 saturated carbocycles. The number of likely N-dealkylation sites (N-methyl/N-ethyl adjacent to an activating group) is 1. The first-order chi connectivity index (χ1) is 9.85. The summed E-state index contributed by atoms with van der Waals surface area (Å²) in [5, 5.41) is 3.60. The van der Waals surface area contributed by atoms with Crippen LogP contribution in [0, 0.1) is 0 Å². The number of rotatable bonds is 7. The summed E-state index contributed by atoms with van der Waals surface area (Å²) < 4.78 is 0. The van der Waals surface area contributed by atoms with Gasteiger partial charge in [-0.15, -0.1) is 0 Å². The van der Waals surface area contributed by atoms with Gasteiger partial charge in [-0.05, 0) is 25.1 Å². The summed E-state index contributed by atoms with van der Waals surface area (Å²) in [5.74, 6) is 0. The van der Waals surface area contributed by atoms with Crippen LogP contribution < -0.4 is 5.32 Å². The van der Waals surface area contributed by atoms with Gasteiger partial charge in [0, 0.05) is 38.8 Å². The third kappa shape index (κ3) is 4.30. The van der Waals surface area contributed by atoms with Gasteiger partial charge in [0.25, 0.3) is 0 Å². The van der Waals surface area contributed by atoms with Crippen molar-refractivity contribution in [3.05, 3.63) is 35.9 Å². The van der Waals surface area contributed by atoms with Gasteiger partial charge in [0.2, 0.25) is 0 Å². The largest absolute Gasteiger partial charge is 0.315 e. The molecular formula is C17H29N3. The van der Waals surface area contributed by atoms with Gasteiger partial charge in [-0.1, -0.05) is 44.2 Å². The monoisotopic (exact) mass is 275 g/mol. The molecule has 1 aliphatic rings. The summed E-state index contributed by atoms with van der Waals surface area (Å²) in [5.41, 5.74) is 1.45. The van der Waals surface area contributed by atoms with Crippen LogP contribution in [0.2, 0.25) is 0 Å². The Morgan fingerprint density at radius 3 is 2.35 bits per heavy atom. The topological polar surface area (TPSA) is 18.5 Å². The molecule has 1 aliphatic heterocycles. The number of hydrogen-bond donors (Lipinski definition) is 1. The minimum atomic E-state index is 0.516. The van der Waals surface area contributed by atoms with E-state index in [9.17, 15) is 0 Å². The molecule has 2 rings (SSSR count). The van der Waals surface area contributed by atoms with E-state index in [1.807, 2.05) is 0 Å². The molecule has 1 atom stereocenters. The van der Waals surface area contributed by atoms with Crippen molar-refractivity contribution in [2.45, 2.75) is 26.3 Å². The van der Waals surface area contributed by atoms with Crippen LogP contribution in [0.15, 0.2) is 30.3 Å². The summed E-state index contributed by atoms with van der Waals surface area (Å²) in [6, 6.07) is 11.5. The number of nitrogens with one attached hydrogen (secondary N) is 1. The van der Waals surface area contributed by atoms with Gasteiger partial charge in [-0.25, -0.2) is 0 Å². The van der Waals surface area contributed by atoms with Crippen molar-refractivity contribution >= 4 is 0 Å². The second-order valence-corrected chi connectivity index (χ2v) is 5.60. The van der Waals surface area contributed by atoms with Gasteiger partial charge < -0.3 is 10.2 Å². The van der Waals surface area contributed by atoms with Gasteiger partial charge in [-0.2, -0.15) is 0 Å². The number of benzene rings is 1. The Bertz CT molecular complexity index is 358. The summed E-state index contributed by atoms with van der Waals surface area (Å²) in [6.07, 6.45) is 1.20. The Kier molecular flexibility index (Phi) is 6.51. The molecule has 112 valence electrons. The van der Waals surface area contributed by atoms with Crippen molar-refractivity contribution in [2.75, 3.05) is 45.8 Å². The second-order valence-electron chi connectivity index (χ2n) is 5.60. The van der Waals surface area contributed by atoms with Crippen LogP contribution in [-0.4, -0.2) is 55.6 Å². The van der Waals surface area contributed by atoms with Crippen molar-refractivity contribution in [3.8, 4) is 0 Å². The predicted molar refractivity (Wildman–Crippen MR) is 86.0 cm³/mol. The predicted octanol–water partition coefficient (Wildman–Crippen LogP) is 2.36. The van der Waals surface area contributed by atoms with Crippen LogP contribution in [0.5, 0.6) is 0 Å². The molecule has 0 bridgehead atoms. The van der Waals surface area contributed by atoms with E-state index < -0.39 is 0 Å². The Morgan fingerprint density at radius 2 is 1.75 bits per heavy atom. The van der Waals surface area contributed by atoms with Gasteiger partial charge >= 0.3 is 0 Å². The third-order valence-electron chi connectivity index (χ3n) is 4.24. The molecule has 1 saturated heterocycles. The van der Waals surface area contributed by atoms with Crippen molar-refractivity contribution in [1.29, 1.82) is 0 Å². The van der Waals surface area contributed by atoms with Crippen LogP contribution in [0.4, 0.5) is 0 Å². The van der Waals surface area contributed by atoms with Crippen LogP contribution in [-0.2, 0) is 0 Å². The van der Waals surface area contributed by atoms with E-state index in [2.05, 4.69) is 59.3 Å². The highest BCUT2D eigenvalue weighted by Gasteiger charge is 2.23. The Morgan fingerprint density at radius 1 is 1.05 bits per heavy atom. The highest BCUT2D eigenvalue weighted by molar-refractivity contribution is 5.19. The highest BCUT2D eigenvalue weighted by atomic mass is 15.3. The van der Waals surface area contributed by atoms with E-state index in [0.29, 0.717) is 6.04 Å². The molecule has 0 spiro atoms. The normalized spacial score (nSPS) is 19.1. The zero-order valence-electron chi connectivity index (χ0n) is 13.0. The number of hydrogen-bond acceptors (Lipinski definition) is 3. The molecule has 20 heavy (non-hydrogen) atoms.